The normalized spacial score (nSPS) is 10.2. The first-order chi connectivity index (χ1) is 11.9. The van der Waals surface area contributed by atoms with Crippen molar-refractivity contribution in [2.45, 2.75) is 13.5 Å². The van der Waals surface area contributed by atoms with Crippen molar-refractivity contribution in [1.29, 1.82) is 0 Å². The zero-order chi connectivity index (χ0) is 18.4. The van der Waals surface area contributed by atoms with E-state index in [-0.39, 0.29) is 24.2 Å². The van der Waals surface area contributed by atoms with E-state index in [9.17, 15) is 18.8 Å². The minimum atomic E-state index is -0.559. The van der Waals surface area contributed by atoms with Gasteiger partial charge in [-0.15, -0.1) is 0 Å². The average molecular weight is 348 g/mol. The summed E-state index contributed by atoms with van der Waals surface area (Å²) in [6.45, 7) is 1.38. The van der Waals surface area contributed by atoms with Crippen LogP contribution in [0.1, 0.15) is 32.2 Å². The van der Waals surface area contributed by atoms with Crippen LogP contribution < -0.4 is 10.6 Å². The van der Waals surface area contributed by atoms with E-state index in [1.54, 1.807) is 6.92 Å². The predicted molar refractivity (Wildman–Crippen MR) is 85.4 cm³/mol. The van der Waals surface area contributed by atoms with E-state index in [4.69, 9.17) is 4.42 Å². The standard InChI is InChI=1S/C17H17FN2O5/c1-10-14(17(23)24-2)7-13(25-10)8-19-15(21)9-20-16(22)11-4-3-5-12(18)6-11/h3-7H,8-9H2,1-2H3,(H,19,21)(H,20,22). The quantitative estimate of drug-likeness (QED) is 0.772. The number of hydrogen-bond acceptors (Lipinski definition) is 5. The van der Waals surface area contributed by atoms with Gasteiger partial charge in [0.25, 0.3) is 5.91 Å². The second-order valence-electron chi connectivity index (χ2n) is 5.14. The van der Waals surface area contributed by atoms with Crippen molar-refractivity contribution in [2.75, 3.05) is 13.7 Å². The molecule has 25 heavy (non-hydrogen) atoms. The summed E-state index contributed by atoms with van der Waals surface area (Å²) in [6.07, 6.45) is 0. The second-order valence-corrected chi connectivity index (χ2v) is 5.14. The number of aryl methyl sites for hydroxylation is 1. The molecule has 7 nitrogen and oxygen atoms in total. The number of hydrogen-bond donors (Lipinski definition) is 2. The third-order valence-electron chi connectivity index (χ3n) is 3.33. The molecular weight excluding hydrogens is 331 g/mol. The number of furan rings is 1. The summed E-state index contributed by atoms with van der Waals surface area (Å²) in [6, 6.07) is 6.62. The number of carbonyl (C=O) groups excluding carboxylic acids is 3. The van der Waals surface area contributed by atoms with Gasteiger partial charge >= 0.3 is 5.97 Å². The van der Waals surface area contributed by atoms with E-state index in [1.165, 1.54) is 31.4 Å². The average Bonchev–Trinajstić information content (AvgIpc) is 2.98. The van der Waals surface area contributed by atoms with Crippen LogP contribution >= 0.6 is 0 Å². The lowest BCUT2D eigenvalue weighted by Gasteiger charge is -2.06. The van der Waals surface area contributed by atoms with Gasteiger partial charge in [-0.05, 0) is 31.2 Å². The molecule has 0 radical (unpaired) electrons. The first-order valence-corrected chi connectivity index (χ1v) is 7.38. The second kappa shape index (κ2) is 8.09. The van der Waals surface area contributed by atoms with Crippen LogP contribution in [0.25, 0.3) is 0 Å². The molecule has 1 aromatic carbocycles. The number of nitrogens with one attached hydrogen (secondary N) is 2. The predicted octanol–water partition coefficient (Wildman–Crippen LogP) is 1.56. The summed E-state index contributed by atoms with van der Waals surface area (Å²) in [5.74, 6) is -1.32. The Kier molecular flexibility index (Phi) is 5.89. The fraction of sp³-hybridized carbons (Fsp3) is 0.235. The molecule has 2 rings (SSSR count). The van der Waals surface area contributed by atoms with Gasteiger partial charge < -0.3 is 19.8 Å². The molecule has 2 aromatic rings. The highest BCUT2D eigenvalue weighted by Gasteiger charge is 2.16. The number of ether oxygens (including phenoxy) is 1. The van der Waals surface area contributed by atoms with Crippen molar-refractivity contribution in [3.05, 3.63) is 58.8 Å². The molecule has 0 bridgehead atoms. The SMILES string of the molecule is COC(=O)c1cc(CNC(=O)CNC(=O)c2cccc(F)c2)oc1C. The summed E-state index contributed by atoms with van der Waals surface area (Å²) < 4.78 is 23.0. The van der Waals surface area contributed by atoms with Crippen LogP contribution in [0.5, 0.6) is 0 Å². The summed E-state index contributed by atoms with van der Waals surface area (Å²) in [5, 5.41) is 4.92. The number of halogens is 1. The summed E-state index contributed by atoms with van der Waals surface area (Å²) in [4.78, 5) is 35.0. The van der Waals surface area contributed by atoms with E-state index in [1.807, 2.05) is 0 Å². The molecule has 0 aliphatic carbocycles. The van der Waals surface area contributed by atoms with E-state index >= 15 is 0 Å². The molecule has 8 heteroatoms. The number of amides is 2. The molecule has 0 unspecified atom stereocenters. The molecule has 2 N–H and O–H groups in total. The molecule has 0 fully saturated rings. The fourth-order valence-electron chi connectivity index (χ4n) is 2.08. The third kappa shape index (κ3) is 4.90. The molecule has 0 saturated heterocycles. The molecular formula is C17H17FN2O5. The van der Waals surface area contributed by atoms with Gasteiger partial charge in [-0.2, -0.15) is 0 Å². The van der Waals surface area contributed by atoms with Crippen LogP contribution in [-0.2, 0) is 16.1 Å². The van der Waals surface area contributed by atoms with Crippen molar-refractivity contribution in [3.63, 3.8) is 0 Å². The van der Waals surface area contributed by atoms with Gasteiger partial charge in [0.05, 0.1) is 20.2 Å². The van der Waals surface area contributed by atoms with Crippen molar-refractivity contribution >= 4 is 17.8 Å². The number of carbonyl (C=O) groups is 3. The van der Waals surface area contributed by atoms with E-state index in [0.29, 0.717) is 11.5 Å². The number of esters is 1. The molecule has 2 amide bonds. The largest absolute Gasteiger partial charge is 0.465 e. The van der Waals surface area contributed by atoms with Gasteiger partial charge in [-0.1, -0.05) is 6.07 Å². The maximum atomic E-state index is 13.0. The van der Waals surface area contributed by atoms with Crippen molar-refractivity contribution in [1.82, 2.24) is 10.6 Å². The van der Waals surface area contributed by atoms with Crippen LogP contribution in [-0.4, -0.2) is 31.4 Å². The minimum Gasteiger partial charge on any atom is -0.465 e. The summed E-state index contributed by atoms with van der Waals surface area (Å²) in [7, 11) is 1.26. The van der Waals surface area contributed by atoms with Gasteiger partial charge in [0.2, 0.25) is 5.91 Å². The summed E-state index contributed by atoms with van der Waals surface area (Å²) in [5.41, 5.74) is 0.406. The van der Waals surface area contributed by atoms with Crippen LogP contribution in [0.4, 0.5) is 4.39 Å². The number of methoxy groups -OCH3 is 1. The van der Waals surface area contributed by atoms with Gasteiger partial charge in [0.1, 0.15) is 22.9 Å². The first-order valence-electron chi connectivity index (χ1n) is 7.38. The Morgan fingerprint density at radius 2 is 1.96 bits per heavy atom. The lowest BCUT2D eigenvalue weighted by atomic mass is 10.2. The van der Waals surface area contributed by atoms with Crippen molar-refractivity contribution in [3.8, 4) is 0 Å². The highest BCUT2D eigenvalue weighted by Crippen LogP contribution is 2.15. The Hall–Kier alpha value is -3.16. The Bertz CT molecular complexity index is 800. The lowest BCUT2D eigenvalue weighted by molar-refractivity contribution is -0.120. The Labute approximate surface area is 143 Å². The van der Waals surface area contributed by atoms with Gasteiger partial charge in [0, 0.05) is 5.56 Å². The number of rotatable bonds is 6. The third-order valence-corrected chi connectivity index (χ3v) is 3.33. The molecule has 1 aromatic heterocycles. The monoisotopic (exact) mass is 348 g/mol. The van der Waals surface area contributed by atoms with E-state index < -0.39 is 23.6 Å². The van der Waals surface area contributed by atoms with Gasteiger partial charge in [-0.25, -0.2) is 9.18 Å². The zero-order valence-electron chi connectivity index (χ0n) is 13.7. The molecule has 0 aliphatic rings. The molecule has 0 saturated carbocycles. The first kappa shape index (κ1) is 18.2. The lowest BCUT2D eigenvalue weighted by Crippen LogP contribution is -2.36. The zero-order valence-corrected chi connectivity index (χ0v) is 13.7. The van der Waals surface area contributed by atoms with Gasteiger partial charge in [-0.3, -0.25) is 9.59 Å². The summed E-state index contributed by atoms with van der Waals surface area (Å²) >= 11 is 0. The Morgan fingerprint density at radius 1 is 1.20 bits per heavy atom. The smallest absolute Gasteiger partial charge is 0.341 e. The van der Waals surface area contributed by atoms with Crippen LogP contribution in [0, 0.1) is 12.7 Å². The van der Waals surface area contributed by atoms with Gasteiger partial charge in [0.15, 0.2) is 0 Å². The minimum absolute atomic E-state index is 0.0481. The fourth-order valence-corrected chi connectivity index (χ4v) is 2.08. The number of benzene rings is 1. The molecule has 1 heterocycles. The maximum Gasteiger partial charge on any atom is 0.341 e. The van der Waals surface area contributed by atoms with E-state index in [0.717, 1.165) is 6.07 Å². The van der Waals surface area contributed by atoms with Crippen molar-refractivity contribution in [2.24, 2.45) is 0 Å². The van der Waals surface area contributed by atoms with Crippen LogP contribution in [0.3, 0.4) is 0 Å². The van der Waals surface area contributed by atoms with E-state index in [2.05, 4.69) is 15.4 Å². The molecule has 132 valence electrons. The highest BCUT2D eigenvalue weighted by atomic mass is 19.1. The van der Waals surface area contributed by atoms with Crippen molar-refractivity contribution < 1.29 is 27.9 Å². The highest BCUT2D eigenvalue weighted by molar-refractivity contribution is 5.96. The Balaban J connectivity index is 1.83. The molecule has 0 aliphatic heterocycles. The van der Waals surface area contributed by atoms with Crippen LogP contribution in [0.15, 0.2) is 34.7 Å². The topological polar surface area (TPSA) is 97.6 Å². The van der Waals surface area contributed by atoms with Crippen LogP contribution in [0.2, 0.25) is 0 Å². The maximum absolute atomic E-state index is 13.0. The molecule has 0 atom stereocenters. The molecule has 0 spiro atoms. The Morgan fingerprint density at radius 3 is 2.64 bits per heavy atom.